The fourth-order valence-corrected chi connectivity index (χ4v) is 2.74. The molecular weight excluding hydrogens is 278 g/mol. The van der Waals surface area contributed by atoms with Crippen LogP contribution in [0.4, 0.5) is 0 Å². The molecule has 1 aliphatic heterocycles. The third-order valence-corrected chi connectivity index (χ3v) is 4.01. The molecule has 0 radical (unpaired) electrons. The maximum Gasteiger partial charge on any atom is 0.131 e. The van der Waals surface area contributed by atoms with E-state index in [-0.39, 0.29) is 11.5 Å². The minimum atomic E-state index is 0.176. The van der Waals surface area contributed by atoms with Crippen molar-refractivity contribution in [2.45, 2.75) is 39.3 Å². The highest BCUT2D eigenvalue weighted by atomic mass is 16.3. The van der Waals surface area contributed by atoms with Crippen molar-refractivity contribution in [3.63, 3.8) is 0 Å². The SMILES string of the molecule is CC(C)c1ncc2c(n1)CCN(Cc1cc(O)ccc1O)C2. The van der Waals surface area contributed by atoms with E-state index < -0.39 is 0 Å². The summed E-state index contributed by atoms with van der Waals surface area (Å²) >= 11 is 0. The molecule has 0 amide bonds. The van der Waals surface area contributed by atoms with Crippen LogP contribution in [0.15, 0.2) is 24.4 Å². The lowest BCUT2D eigenvalue weighted by atomic mass is 10.0. The largest absolute Gasteiger partial charge is 0.508 e. The van der Waals surface area contributed by atoms with Crippen LogP contribution in [0.1, 0.15) is 42.4 Å². The minimum Gasteiger partial charge on any atom is -0.508 e. The first-order chi connectivity index (χ1) is 10.5. The molecule has 0 bridgehead atoms. The number of hydrogen-bond acceptors (Lipinski definition) is 5. The first-order valence-electron chi connectivity index (χ1n) is 7.61. The van der Waals surface area contributed by atoms with Gasteiger partial charge < -0.3 is 10.2 Å². The van der Waals surface area contributed by atoms with Crippen molar-refractivity contribution < 1.29 is 10.2 Å². The standard InChI is InChI=1S/C17H21N3O2/c1-11(2)17-18-8-13-10-20(6-5-15(13)19-17)9-12-7-14(21)3-4-16(12)22/h3-4,7-8,11,21-22H,5-6,9-10H2,1-2H3. The van der Waals surface area contributed by atoms with Crippen LogP contribution in [0.3, 0.4) is 0 Å². The highest BCUT2D eigenvalue weighted by molar-refractivity contribution is 5.38. The van der Waals surface area contributed by atoms with E-state index in [0.717, 1.165) is 42.2 Å². The molecule has 1 aromatic heterocycles. The molecule has 116 valence electrons. The zero-order chi connectivity index (χ0) is 15.7. The van der Waals surface area contributed by atoms with Gasteiger partial charge in [0, 0.05) is 55.0 Å². The van der Waals surface area contributed by atoms with Gasteiger partial charge in [-0.3, -0.25) is 4.90 Å². The average Bonchev–Trinajstić information content (AvgIpc) is 2.50. The normalized spacial score (nSPS) is 15.0. The Bertz CT molecular complexity index is 686. The van der Waals surface area contributed by atoms with Gasteiger partial charge in [-0.2, -0.15) is 0 Å². The predicted octanol–water partition coefficient (Wildman–Crippen LogP) is 2.57. The Morgan fingerprint density at radius 3 is 2.86 bits per heavy atom. The molecule has 22 heavy (non-hydrogen) atoms. The van der Waals surface area contributed by atoms with Gasteiger partial charge in [-0.25, -0.2) is 9.97 Å². The number of phenolic OH excluding ortho intramolecular Hbond substituents is 2. The fourth-order valence-electron chi connectivity index (χ4n) is 2.74. The zero-order valence-corrected chi connectivity index (χ0v) is 13.0. The molecule has 2 N–H and O–H groups in total. The molecule has 5 nitrogen and oxygen atoms in total. The molecule has 1 aromatic carbocycles. The lowest BCUT2D eigenvalue weighted by molar-refractivity contribution is 0.239. The summed E-state index contributed by atoms with van der Waals surface area (Å²) < 4.78 is 0. The Labute approximate surface area is 130 Å². The number of aromatic nitrogens is 2. The molecule has 0 atom stereocenters. The lowest BCUT2D eigenvalue weighted by Gasteiger charge is -2.28. The van der Waals surface area contributed by atoms with Gasteiger partial charge in [-0.1, -0.05) is 13.8 Å². The molecule has 0 aliphatic carbocycles. The summed E-state index contributed by atoms with van der Waals surface area (Å²) in [6, 6.07) is 4.63. The van der Waals surface area contributed by atoms with Crippen LogP contribution in [-0.2, 0) is 19.5 Å². The van der Waals surface area contributed by atoms with Gasteiger partial charge in [0.25, 0.3) is 0 Å². The maximum atomic E-state index is 9.90. The van der Waals surface area contributed by atoms with Crippen molar-refractivity contribution >= 4 is 0 Å². The maximum absolute atomic E-state index is 9.90. The first-order valence-corrected chi connectivity index (χ1v) is 7.61. The summed E-state index contributed by atoms with van der Waals surface area (Å²) in [7, 11) is 0. The van der Waals surface area contributed by atoms with Crippen molar-refractivity contribution in [2.24, 2.45) is 0 Å². The monoisotopic (exact) mass is 299 g/mol. The molecule has 5 heteroatoms. The minimum absolute atomic E-state index is 0.176. The molecule has 0 unspecified atom stereocenters. The number of rotatable bonds is 3. The van der Waals surface area contributed by atoms with Crippen molar-refractivity contribution in [3.05, 3.63) is 47.0 Å². The van der Waals surface area contributed by atoms with E-state index >= 15 is 0 Å². The molecule has 2 aromatic rings. The van der Waals surface area contributed by atoms with E-state index in [4.69, 9.17) is 0 Å². The molecular formula is C17H21N3O2. The average molecular weight is 299 g/mol. The van der Waals surface area contributed by atoms with Crippen molar-refractivity contribution in [1.29, 1.82) is 0 Å². The Morgan fingerprint density at radius 1 is 1.27 bits per heavy atom. The van der Waals surface area contributed by atoms with Crippen molar-refractivity contribution in [2.75, 3.05) is 6.54 Å². The third kappa shape index (κ3) is 3.04. The number of benzene rings is 1. The predicted molar refractivity (Wildman–Crippen MR) is 83.7 cm³/mol. The van der Waals surface area contributed by atoms with Crippen LogP contribution >= 0.6 is 0 Å². The second kappa shape index (κ2) is 5.93. The van der Waals surface area contributed by atoms with E-state index in [0.29, 0.717) is 12.5 Å². The quantitative estimate of drug-likeness (QED) is 0.853. The summed E-state index contributed by atoms with van der Waals surface area (Å²) in [5.74, 6) is 1.63. The first kappa shape index (κ1) is 14.8. The zero-order valence-electron chi connectivity index (χ0n) is 13.0. The summed E-state index contributed by atoms with van der Waals surface area (Å²) in [6.45, 7) is 6.45. The summed E-state index contributed by atoms with van der Waals surface area (Å²) in [5, 5.41) is 19.5. The van der Waals surface area contributed by atoms with Gasteiger partial charge in [0.05, 0.1) is 0 Å². The van der Waals surface area contributed by atoms with E-state index in [9.17, 15) is 10.2 Å². The number of nitrogens with zero attached hydrogens (tertiary/aromatic N) is 3. The van der Waals surface area contributed by atoms with Gasteiger partial charge in [0.1, 0.15) is 17.3 Å². The van der Waals surface area contributed by atoms with Crippen LogP contribution in [-0.4, -0.2) is 31.6 Å². The lowest BCUT2D eigenvalue weighted by Crippen LogP contribution is -2.31. The van der Waals surface area contributed by atoms with Gasteiger partial charge in [0.2, 0.25) is 0 Å². The molecule has 2 heterocycles. The van der Waals surface area contributed by atoms with Crippen molar-refractivity contribution in [1.82, 2.24) is 14.9 Å². The molecule has 0 saturated heterocycles. The third-order valence-electron chi connectivity index (χ3n) is 4.01. The number of aromatic hydroxyl groups is 2. The van der Waals surface area contributed by atoms with Gasteiger partial charge >= 0.3 is 0 Å². The number of hydrogen-bond donors (Lipinski definition) is 2. The molecule has 0 spiro atoms. The molecule has 0 fully saturated rings. The number of phenols is 2. The topological polar surface area (TPSA) is 69.5 Å². The number of fused-ring (bicyclic) bond motifs is 1. The highest BCUT2D eigenvalue weighted by Gasteiger charge is 2.20. The fraction of sp³-hybridized carbons (Fsp3) is 0.412. The Balaban J connectivity index is 1.76. The van der Waals surface area contributed by atoms with Gasteiger partial charge in [-0.05, 0) is 18.2 Å². The molecule has 3 rings (SSSR count). The van der Waals surface area contributed by atoms with E-state index in [1.807, 2.05) is 6.20 Å². The Kier molecular flexibility index (Phi) is 3.98. The van der Waals surface area contributed by atoms with Crippen molar-refractivity contribution in [3.8, 4) is 11.5 Å². The highest BCUT2D eigenvalue weighted by Crippen LogP contribution is 2.26. The summed E-state index contributed by atoms with van der Waals surface area (Å²) in [5.41, 5.74) is 3.02. The smallest absolute Gasteiger partial charge is 0.131 e. The second-order valence-corrected chi connectivity index (χ2v) is 6.13. The van der Waals surface area contributed by atoms with E-state index in [1.54, 1.807) is 6.07 Å². The van der Waals surface area contributed by atoms with Crippen LogP contribution in [0.2, 0.25) is 0 Å². The Hall–Kier alpha value is -2.14. The summed E-state index contributed by atoms with van der Waals surface area (Å²) in [6.07, 6.45) is 2.81. The summed E-state index contributed by atoms with van der Waals surface area (Å²) in [4.78, 5) is 11.3. The Morgan fingerprint density at radius 2 is 2.09 bits per heavy atom. The van der Waals surface area contributed by atoms with E-state index in [1.165, 1.54) is 12.1 Å². The van der Waals surface area contributed by atoms with Crippen LogP contribution in [0.5, 0.6) is 11.5 Å². The van der Waals surface area contributed by atoms with E-state index in [2.05, 4.69) is 28.7 Å². The van der Waals surface area contributed by atoms with Gasteiger partial charge in [-0.15, -0.1) is 0 Å². The van der Waals surface area contributed by atoms with Crippen LogP contribution < -0.4 is 0 Å². The molecule has 1 aliphatic rings. The van der Waals surface area contributed by atoms with Crippen LogP contribution in [0.25, 0.3) is 0 Å². The van der Waals surface area contributed by atoms with Crippen LogP contribution in [0, 0.1) is 0 Å². The molecule has 0 saturated carbocycles. The second-order valence-electron chi connectivity index (χ2n) is 6.13. The van der Waals surface area contributed by atoms with Gasteiger partial charge in [0.15, 0.2) is 0 Å².